The van der Waals surface area contributed by atoms with E-state index in [-0.39, 0.29) is 23.8 Å². The molecular formula is C24H34N2O5. The van der Waals surface area contributed by atoms with Crippen molar-refractivity contribution < 1.29 is 23.8 Å². The van der Waals surface area contributed by atoms with Crippen molar-refractivity contribution in [2.75, 3.05) is 19.8 Å². The minimum atomic E-state index is -0.541. The van der Waals surface area contributed by atoms with Crippen molar-refractivity contribution in [3.63, 3.8) is 0 Å². The molecule has 2 N–H and O–H groups in total. The van der Waals surface area contributed by atoms with E-state index in [4.69, 9.17) is 14.2 Å². The summed E-state index contributed by atoms with van der Waals surface area (Å²) in [6, 6.07) is 5.90. The Hall–Kier alpha value is -2.44. The Morgan fingerprint density at radius 2 is 1.84 bits per heavy atom. The Kier molecular flexibility index (Phi) is 6.30. The van der Waals surface area contributed by atoms with Gasteiger partial charge in [-0.15, -0.1) is 0 Å². The number of rotatable bonds is 6. The molecule has 0 unspecified atom stereocenters. The maximum absolute atomic E-state index is 13.0. The van der Waals surface area contributed by atoms with E-state index in [0.717, 1.165) is 36.3 Å². The highest BCUT2D eigenvalue weighted by Crippen LogP contribution is 2.49. The molecular weight excluding hydrogens is 396 g/mol. The topological polar surface area (TPSA) is 85.9 Å². The third-order valence-corrected chi connectivity index (χ3v) is 6.28. The van der Waals surface area contributed by atoms with Gasteiger partial charge in [-0.25, -0.2) is 4.79 Å². The summed E-state index contributed by atoms with van der Waals surface area (Å²) in [6.07, 6.45) is 4.90. The van der Waals surface area contributed by atoms with Crippen LogP contribution >= 0.6 is 0 Å². The molecule has 2 saturated carbocycles. The lowest BCUT2D eigenvalue weighted by atomic mass is 9.97. The lowest BCUT2D eigenvalue weighted by Gasteiger charge is -2.26. The fraction of sp³-hybridized carbons (Fsp3) is 0.667. The standard InChI is InChI=1S/C24H34N2O5/c1-24(2,3)31-23(28)25-14-19(15-6-4-5-7-15)26-22(27)18-13-17(18)16-8-9-20-21(12-16)30-11-10-29-20/h8-9,12,15,17-19H,4-7,10-11,13-14H2,1-3H3,(H,25,28)(H,26,27)/t17-,18+,19-/m0/s1. The third kappa shape index (κ3) is 5.63. The molecule has 1 aromatic carbocycles. The molecule has 7 heteroatoms. The molecule has 0 aromatic heterocycles. The first kappa shape index (κ1) is 21.8. The second-order valence-electron chi connectivity index (χ2n) is 9.89. The van der Waals surface area contributed by atoms with E-state index >= 15 is 0 Å². The van der Waals surface area contributed by atoms with Crippen LogP contribution in [0.5, 0.6) is 11.5 Å². The second-order valence-corrected chi connectivity index (χ2v) is 9.89. The van der Waals surface area contributed by atoms with Gasteiger partial charge in [-0.1, -0.05) is 18.9 Å². The number of fused-ring (bicyclic) bond motifs is 1. The van der Waals surface area contributed by atoms with Gasteiger partial charge in [0, 0.05) is 18.5 Å². The van der Waals surface area contributed by atoms with Crippen LogP contribution in [0.1, 0.15) is 64.4 Å². The van der Waals surface area contributed by atoms with Gasteiger partial charge in [0.2, 0.25) is 5.91 Å². The van der Waals surface area contributed by atoms with Crippen LogP contribution in [-0.2, 0) is 9.53 Å². The minimum Gasteiger partial charge on any atom is -0.486 e. The van der Waals surface area contributed by atoms with Crippen LogP contribution in [0.2, 0.25) is 0 Å². The minimum absolute atomic E-state index is 0.0343. The molecule has 0 saturated heterocycles. The van der Waals surface area contributed by atoms with Gasteiger partial charge in [0.1, 0.15) is 18.8 Å². The van der Waals surface area contributed by atoms with Gasteiger partial charge in [0.05, 0.1) is 0 Å². The number of carbonyl (C=O) groups excluding carboxylic acids is 2. The molecule has 31 heavy (non-hydrogen) atoms. The first-order chi connectivity index (χ1) is 14.8. The van der Waals surface area contributed by atoms with Crippen LogP contribution in [0, 0.1) is 11.8 Å². The summed E-state index contributed by atoms with van der Waals surface area (Å²) in [7, 11) is 0. The molecule has 2 aliphatic carbocycles. The largest absolute Gasteiger partial charge is 0.486 e. The first-order valence-corrected chi connectivity index (χ1v) is 11.5. The van der Waals surface area contributed by atoms with Gasteiger partial charge in [-0.2, -0.15) is 0 Å². The van der Waals surface area contributed by atoms with E-state index in [1.807, 2.05) is 39.0 Å². The Morgan fingerprint density at radius 3 is 2.55 bits per heavy atom. The van der Waals surface area contributed by atoms with Crippen LogP contribution in [0.3, 0.4) is 0 Å². The highest BCUT2D eigenvalue weighted by atomic mass is 16.6. The molecule has 0 radical (unpaired) electrons. The van der Waals surface area contributed by atoms with Crippen LogP contribution in [-0.4, -0.2) is 43.4 Å². The molecule has 4 rings (SSSR count). The second kappa shape index (κ2) is 8.97. The summed E-state index contributed by atoms with van der Waals surface area (Å²) in [5.41, 5.74) is 0.579. The number of nitrogens with one attached hydrogen (secondary N) is 2. The van der Waals surface area contributed by atoms with E-state index in [2.05, 4.69) is 10.6 Å². The van der Waals surface area contributed by atoms with Crippen molar-refractivity contribution in [2.24, 2.45) is 11.8 Å². The predicted octanol–water partition coefficient (Wildman–Crippen LogP) is 3.76. The van der Waals surface area contributed by atoms with Crippen molar-refractivity contribution in [1.82, 2.24) is 10.6 Å². The van der Waals surface area contributed by atoms with Crippen LogP contribution in [0.25, 0.3) is 0 Å². The fourth-order valence-electron chi connectivity index (χ4n) is 4.64. The third-order valence-electron chi connectivity index (χ3n) is 6.28. The molecule has 1 aliphatic heterocycles. The number of hydrogen-bond donors (Lipinski definition) is 2. The smallest absolute Gasteiger partial charge is 0.407 e. The zero-order chi connectivity index (χ0) is 22.0. The summed E-state index contributed by atoms with van der Waals surface area (Å²) >= 11 is 0. The lowest BCUT2D eigenvalue weighted by molar-refractivity contribution is -0.123. The van der Waals surface area contributed by atoms with Gasteiger partial charge in [-0.3, -0.25) is 4.79 Å². The molecule has 2 fully saturated rings. The molecule has 0 spiro atoms. The SMILES string of the molecule is CC(C)(C)OC(=O)NC[C@H](NC(=O)[C@@H]1C[C@H]1c1ccc2c(c1)OCCO2)C1CCCC1. The number of hydrogen-bond acceptors (Lipinski definition) is 5. The van der Waals surface area contributed by atoms with Crippen LogP contribution in [0.4, 0.5) is 4.79 Å². The molecule has 7 nitrogen and oxygen atoms in total. The molecule has 1 aromatic rings. The van der Waals surface area contributed by atoms with Crippen molar-refractivity contribution in [2.45, 2.75) is 70.4 Å². The van der Waals surface area contributed by atoms with Crippen molar-refractivity contribution >= 4 is 12.0 Å². The predicted molar refractivity (Wildman–Crippen MR) is 116 cm³/mol. The van der Waals surface area contributed by atoms with Gasteiger partial charge < -0.3 is 24.8 Å². The Balaban J connectivity index is 1.34. The number of alkyl carbamates (subject to hydrolysis) is 1. The zero-order valence-electron chi connectivity index (χ0n) is 18.7. The summed E-state index contributed by atoms with van der Waals surface area (Å²) in [6.45, 7) is 7.04. The Morgan fingerprint density at radius 1 is 1.13 bits per heavy atom. The Bertz CT molecular complexity index is 813. The quantitative estimate of drug-likeness (QED) is 0.718. The summed E-state index contributed by atoms with van der Waals surface area (Å²) < 4.78 is 16.6. The average molecular weight is 431 g/mol. The van der Waals surface area contributed by atoms with Gasteiger partial charge >= 0.3 is 6.09 Å². The zero-order valence-corrected chi connectivity index (χ0v) is 18.7. The molecule has 2 amide bonds. The average Bonchev–Trinajstić information content (AvgIpc) is 3.34. The number of carbonyl (C=O) groups is 2. The highest BCUT2D eigenvalue weighted by molar-refractivity contribution is 5.83. The fourth-order valence-corrected chi connectivity index (χ4v) is 4.64. The van der Waals surface area contributed by atoms with E-state index in [0.29, 0.717) is 25.7 Å². The number of benzene rings is 1. The molecule has 0 bridgehead atoms. The van der Waals surface area contributed by atoms with Crippen molar-refractivity contribution in [1.29, 1.82) is 0 Å². The van der Waals surface area contributed by atoms with E-state index in [9.17, 15) is 9.59 Å². The normalized spacial score (nSPS) is 23.7. The van der Waals surface area contributed by atoms with Gasteiger partial charge in [0.15, 0.2) is 11.5 Å². The maximum atomic E-state index is 13.0. The van der Waals surface area contributed by atoms with Gasteiger partial charge in [0.25, 0.3) is 0 Å². The van der Waals surface area contributed by atoms with Gasteiger partial charge in [-0.05, 0) is 69.6 Å². The Labute approximate surface area is 184 Å². The molecule has 3 atom stereocenters. The summed E-state index contributed by atoms with van der Waals surface area (Å²) in [4.78, 5) is 25.1. The first-order valence-electron chi connectivity index (χ1n) is 11.5. The van der Waals surface area contributed by atoms with Crippen LogP contribution < -0.4 is 20.1 Å². The maximum Gasteiger partial charge on any atom is 0.407 e. The van der Waals surface area contributed by atoms with Crippen molar-refractivity contribution in [3.8, 4) is 11.5 Å². The molecule has 3 aliphatic rings. The van der Waals surface area contributed by atoms with E-state index in [1.54, 1.807) is 0 Å². The molecule has 170 valence electrons. The van der Waals surface area contributed by atoms with Crippen LogP contribution in [0.15, 0.2) is 18.2 Å². The summed E-state index contributed by atoms with van der Waals surface area (Å²) in [5, 5.41) is 6.09. The number of amides is 2. The highest BCUT2D eigenvalue weighted by Gasteiger charge is 2.45. The number of ether oxygens (including phenoxy) is 3. The van der Waals surface area contributed by atoms with E-state index < -0.39 is 11.7 Å². The van der Waals surface area contributed by atoms with E-state index in [1.165, 1.54) is 12.8 Å². The lowest BCUT2D eigenvalue weighted by Crippen LogP contribution is -2.48. The van der Waals surface area contributed by atoms with Crippen molar-refractivity contribution in [3.05, 3.63) is 23.8 Å². The summed E-state index contributed by atoms with van der Waals surface area (Å²) in [5.74, 6) is 2.17. The molecule has 1 heterocycles. The monoisotopic (exact) mass is 430 g/mol.